The van der Waals surface area contributed by atoms with Crippen molar-refractivity contribution >= 4 is 28.8 Å². The predicted octanol–water partition coefficient (Wildman–Crippen LogP) is 3.71. The Balaban J connectivity index is 2.32. The van der Waals surface area contributed by atoms with Crippen LogP contribution in [0.1, 0.15) is 31.7 Å². The van der Waals surface area contributed by atoms with Crippen LogP contribution < -0.4 is 0 Å². The van der Waals surface area contributed by atoms with Crippen molar-refractivity contribution in [1.29, 1.82) is 0 Å². The van der Waals surface area contributed by atoms with Gasteiger partial charge < -0.3 is 9.67 Å². The van der Waals surface area contributed by atoms with Crippen molar-refractivity contribution in [1.82, 2.24) is 9.55 Å². The van der Waals surface area contributed by atoms with Gasteiger partial charge >= 0.3 is 5.97 Å². The van der Waals surface area contributed by atoms with E-state index in [2.05, 4.69) is 29.5 Å². The molecule has 0 bridgehead atoms. The van der Waals surface area contributed by atoms with Crippen molar-refractivity contribution < 1.29 is 9.90 Å². The topological polar surface area (TPSA) is 55.1 Å². The minimum atomic E-state index is -0.807. The van der Waals surface area contributed by atoms with Gasteiger partial charge in [-0.15, -0.1) is 0 Å². The van der Waals surface area contributed by atoms with Crippen molar-refractivity contribution in [3.63, 3.8) is 0 Å². The van der Waals surface area contributed by atoms with E-state index in [0.29, 0.717) is 0 Å². The van der Waals surface area contributed by atoms with Gasteiger partial charge in [0.2, 0.25) is 0 Å². The zero-order valence-electron chi connectivity index (χ0n) is 11.9. The summed E-state index contributed by atoms with van der Waals surface area (Å²) >= 11 is 1.30. The molecule has 0 saturated heterocycles. The van der Waals surface area contributed by atoms with Crippen molar-refractivity contribution in [2.24, 2.45) is 0 Å². The Labute approximate surface area is 123 Å². The summed E-state index contributed by atoms with van der Waals surface area (Å²) in [5.41, 5.74) is 3.25. The van der Waals surface area contributed by atoms with Crippen LogP contribution in [-0.2, 0) is 11.3 Å². The molecule has 4 nitrogen and oxygen atoms in total. The molecule has 0 unspecified atom stereocenters. The molecule has 1 N–H and O–H groups in total. The molecule has 0 spiro atoms. The second-order valence-electron chi connectivity index (χ2n) is 4.93. The molecule has 5 heteroatoms. The van der Waals surface area contributed by atoms with Crippen LogP contribution in [0.4, 0.5) is 0 Å². The number of carbonyl (C=O) groups is 1. The SMILES string of the molecule is CCCCCn1c(SCC(=O)O)nc2ccc(C)cc21. The molecule has 0 fully saturated rings. The fourth-order valence-corrected chi connectivity index (χ4v) is 2.94. The average molecular weight is 292 g/mol. The number of aromatic nitrogens is 2. The lowest BCUT2D eigenvalue weighted by Crippen LogP contribution is -2.03. The first-order valence-corrected chi connectivity index (χ1v) is 7.92. The summed E-state index contributed by atoms with van der Waals surface area (Å²) in [6.07, 6.45) is 3.44. The molecule has 0 atom stereocenters. The first-order chi connectivity index (χ1) is 9.61. The van der Waals surface area contributed by atoms with E-state index >= 15 is 0 Å². The molecular weight excluding hydrogens is 272 g/mol. The van der Waals surface area contributed by atoms with Gasteiger partial charge in [0.15, 0.2) is 5.16 Å². The van der Waals surface area contributed by atoms with Gasteiger partial charge in [-0.05, 0) is 31.0 Å². The number of thioether (sulfide) groups is 1. The predicted molar refractivity (Wildman–Crippen MR) is 82.4 cm³/mol. The maximum atomic E-state index is 10.8. The van der Waals surface area contributed by atoms with Gasteiger partial charge in [-0.2, -0.15) is 0 Å². The maximum absolute atomic E-state index is 10.8. The molecule has 1 heterocycles. The Kier molecular flexibility index (Phi) is 5.06. The third kappa shape index (κ3) is 3.54. The molecule has 20 heavy (non-hydrogen) atoms. The van der Waals surface area contributed by atoms with E-state index in [1.54, 1.807) is 0 Å². The van der Waals surface area contributed by atoms with Gasteiger partial charge in [-0.25, -0.2) is 4.98 Å². The number of nitrogens with zero attached hydrogens (tertiary/aromatic N) is 2. The van der Waals surface area contributed by atoms with Crippen LogP contribution in [-0.4, -0.2) is 26.4 Å². The Bertz CT molecular complexity index is 607. The van der Waals surface area contributed by atoms with Crippen molar-refractivity contribution in [3.8, 4) is 0 Å². The van der Waals surface area contributed by atoms with Gasteiger partial charge in [0, 0.05) is 6.54 Å². The number of benzene rings is 1. The lowest BCUT2D eigenvalue weighted by molar-refractivity contribution is -0.133. The highest BCUT2D eigenvalue weighted by Gasteiger charge is 2.12. The fourth-order valence-electron chi connectivity index (χ4n) is 2.18. The van der Waals surface area contributed by atoms with Crippen LogP contribution in [0.3, 0.4) is 0 Å². The number of carboxylic acid groups (broad SMARTS) is 1. The molecule has 0 amide bonds. The standard InChI is InChI=1S/C15H20N2O2S/c1-3-4-5-8-17-13-9-11(2)6-7-12(13)16-15(17)20-10-14(18)19/h6-7,9H,3-5,8,10H2,1-2H3,(H,18,19). The number of hydrogen-bond donors (Lipinski definition) is 1. The molecule has 1 aromatic heterocycles. The molecule has 2 rings (SSSR count). The molecule has 0 aliphatic rings. The molecule has 0 aliphatic carbocycles. The summed E-state index contributed by atoms with van der Waals surface area (Å²) in [5.74, 6) is -0.755. The van der Waals surface area contributed by atoms with Gasteiger partial charge in [-0.3, -0.25) is 4.79 Å². The Hall–Kier alpha value is -1.49. The molecule has 2 aromatic rings. The van der Waals surface area contributed by atoms with E-state index in [1.165, 1.54) is 30.2 Å². The first-order valence-electron chi connectivity index (χ1n) is 6.93. The Morgan fingerprint density at radius 3 is 2.90 bits per heavy atom. The summed E-state index contributed by atoms with van der Waals surface area (Å²) in [7, 11) is 0. The van der Waals surface area contributed by atoms with E-state index in [9.17, 15) is 4.79 Å². The lowest BCUT2D eigenvalue weighted by Gasteiger charge is -2.08. The minimum absolute atomic E-state index is 0.0517. The van der Waals surface area contributed by atoms with Gasteiger partial charge in [-0.1, -0.05) is 37.6 Å². The number of imidazole rings is 1. The van der Waals surface area contributed by atoms with Gasteiger partial charge in [0.05, 0.1) is 16.8 Å². The van der Waals surface area contributed by atoms with Crippen LogP contribution in [0, 0.1) is 6.92 Å². The molecule has 1 aromatic carbocycles. The normalized spacial score (nSPS) is 11.1. The Morgan fingerprint density at radius 1 is 1.40 bits per heavy atom. The van der Waals surface area contributed by atoms with Crippen LogP contribution in [0.2, 0.25) is 0 Å². The molecule has 0 saturated carbocycles. The summed E-state index contributed by atoms with van der Waals surface area (Å²) in [6, 6.07) is 6.17. The van der Waals surface area contributed by atoms with Crippen molar-refractivity contribution in [2.45, 2.75) is 44.8 Å². The monoisotopic (exact) mass is 292 g/mol. The summed E-state index contributed by atoms with van der Waals surface area (Å²) in [4.78, 5) is 15.3. The number of aryl methyl sites for hydroxylation is 2. The van der Waals surface area contributed by atoms with E-state index < -0.39 is 5.97 Å². The molecule has 0 aliphatic heterocycles. The fraction of sp³-hybridized carbons (Fsp3) is 0.467. The second-order valence-corrected chi connectivity index (χ2v) is 5.87. The minimum Gasteiger partial charge on any atom is -0.481 e. The summed E-state index contributed by atoms with van der Waals surface area (Å²) in [5, 5.41) is 9.65. The number of hydrogen-bond acceptors (Lipinski definition) is 3. The van der Waals surface area contributed by atoms with Gasteiger partial charge in [0.1, 0.15) is 0 Å². The third-order valence-corrected chi connectivity index (χ3v) is 4.14. The van der Waals surface area contributed by atoms with Crippen molar-refractivity contribution in [3.05, 3.63) is 23.8 Å². The number of unbranched alkanes of at least 4 members (excludes halogenated alkanes) is 2. The highest BCUT2D eigenvalue weighted by Crippen LogP contribution is 2.25. The molecule has 108 valence electrons. The summed E-state index contributed by atoms with van der Waals surface area (Å²) < 4.78 is 2.16. The number of rotatable bonds is 7. The van der Waals surface area contributed by atoms with E-state index in [1.807, 2.05) is 12.1 Å². The number of fused-ring (bicyclic) bond motifs is 1. The second kappa shape index (κ2) is 6.79. The van der Waals surface area contributed by atoms with E-state index in [-0.39, 0.29) is 5.75 Å². The maximum Gasteiger partial charge on any atom is 0.313 e. The van der Waals surface area contributed by atoms with Crippen LogP contribution in [0.25, 0.3) is 11.0 Å². The highest BCUT2D eigenvalue weighted by atomic mass is 32.2. The molecular formula is C15H20N2O2S. The molecule has 0 radical (unpaired) electrons. The van der Waals surface area contributed by atoms with Crippen LogP contribution >= 0.6 is 11.8 Å². The van der Waals surface area contributed by atoms with E-state index in [4.69, 9.17) is 5.11 Å². The van der Waals surface area contributed by atoms with Crippen LogP contribution in [0.5, 0.6) is 0 Å². The lowest BCUT2D eigenvalue weighted by atomic mass is 10.2. The smallest absolute Gasteiger partial charge is 0.313 e. The third-order valence-electron chi connectivity index (χ3n) is 3.18. The first kappa shape index (κ1) is 14.9. The zero-order valence-corrected chi connectivity index (χ0v) is 12.7. The summed E-state index contributed by atoms with van der Waals surface area (Å²) in [6.45, 7) is 5.14. The zero-order chi connectivity index (χ0) is 14.5. The van der Waals surface area contributed by atoms with Crippen LogP contribution in [0.15, 0.2) is 23.4 Å². The highest BCUT2D eigenvalue weighted by molar-refractivity contribution is 7.99. The van der Waals surface area contributed by atoms with E-state index in [0.717, 1.165) is 29.2 Å². The number of carboxylic acids is 1. The average Bonchev–Trinajstić information content (AvgIpc) is 2.74. The quantitative estimate of drug-likeness (QED) is 0.624. The number of aliphatic carboxylic acids is 1. The largest absolute Gasteiger partial charge is 0.481 e. The van der Waals surface area contributed by atoms with Crippen molar-refractivity contribution in [2.75, 3.05) is 5.75 Å². The van der Waals surface area contributed by atoms with Gasteiger partial charge in [0.25, 0.3) is 0 Å². The Morgan fingerprint density at radius 2 is 2.20 bits per heavy atom.